The van der Waals surface area contributed by atoms with Gasteiger partial charge in [-0.25, -0.2) is 0 Å². The van der Waals surface area contributed by atoms with Crippen LogP contribution >= 0.6 is 0 Å². The number of aromatic nitrogens is 2. The average Bonchev–Trinajstić information content (AvgIpc) is 2.94. The lowest BCUT2D eigenvalue weighted by Gasteiger charge is -2.07. The van der Waals surface area contributed by atoms with Crippen LogP contribution in [0.1, 0.15) is 130 Å². The fourth-order valence-corrected chi connectivity index (χ4v) is 5.16. The van der Waals surface area contributed by atoms with Crippen molar-refractivity contribution in [2.24, 2.45) is 21.8 Å². The van der Waals surface area contributed by atoms with E-state index in [1.54, 1.807) is 0 Å². The second-order valence-corrected chi connectivity index (χ2v) is 12.7. The summed E-state index contributed by atoms with van der Waals surface area (Å²) in [6.07, 6.45) is 29.9. The molecule has 0 unspecified atom stereocenters. The predicted molar refractivity (Wildman–Crippen MR) is 173 cm³/mol. The number of pyridine rings is 2. The molecule has 0 fully saturated rings. The van der Waals surface area contributed by atoms with Gasteiger partial charge >= 0.3 is 0 Å². The highest BCUT2D eigenvalue weighted by molar-refractivity contribution is 4.94. The first kappa shape index (κ1) is 34.1. The highest BCUT2D eigenvalue weighted by atomic mass is 14.9. The summed E-state index contributed by atoms with van der Waals surface area (Å²) in [5, 5.41) is 2.26. The molecule has 40 heavy (non-hydrogen) atoms. The van der Waals surface area contributed by atoms with Crippen molar-refractivity contribution in [3.63, 3.8) is 0 Å². The molecule has 0 aliphatic rings. The van der Waals surface area contributed by atoms with Crippen LogP contribution in [0.15, 0.2) is 59.0 Å². The molecule has 0 aromatic carbocycles. The molecule has 0 amide bonds. The fourth-order valence-electron chi connectivity index (χ4n) is 5.16. The highest BCUT2D eigenvalue weighted by Crippen LogP contribution is 2.11. The van der Waals surface area contributed by atoms with Crippen molar-refractivity contribution in [2.45, 2.75) is 144 Å². The quantitative estimate of drug-likeness (QED) is 0.124. The number of unbranched alkanes of at least 4 members (excludes halogenated alkanes) is 11. The zero-order valence-corrected chi connectivity index (χ0v) is 26.7. The summed E-state index contributed by atoms with van der Waals surface area (Å²) in [5.41, 5.74) is 0. The van der Waals surface area contributed by atoms with Crippen LogP contribution in [0.25, 0.3) is 0 Å². The third-order valence-electron chi connectivity index (χ3n) is 7.80. The Morgan fingerprint density at radius 3 is 1.12 bits per heavy atom. The molecule has 0 spiro atoms. The Kier molecular flexibility index (Phi) is 19.2. The van der Waals surface area contributed by atoms with Crippen LogP contribution in [0.4, 0.5) is 0 Å². The molecule has 4 nitrogen and oxygen atoms in total. The van der Waals surface area contributed by atoms with Crippen molar-refractivity contribution in [1.82, 2.24) is 9.13 Å². The summed E-state index contributed by atoms with van der Waals surface area (Å²) in [4.78, 5) is 9.48. The first-order valence-electron chi connectivity index (χ1n) is 16.9. The molecule has 4 heteroatoms. The van der Waals surface area contributed by atoms with E-state index in [1.807, 2.05) is 0 Å². The maximum atomic E-state index is 4.74. The lowest BCUT2D eigenvalue weighted by Crippen LogP contribution is -2.06. The molecule has 2 aromatic rings. The van der Waals surface area contributed by atoms with Crippen LogP contribution in [0.3, 0.4) is 0 Å². The summed E-state index contributed by atoms with van der Waals surface area (Å²) in [6, 6.07) is 8.69. The van der Waals surface area contributed by atoms with E-state index in [4.69, 9.17) is 9.98 Å². The van der Waals surface area contributed by atoms with Gasteiger partial charge in [-0.3, -0.25) is 9.98 Å². The molecule has 0 aliphatic carbocycles. The second-order valence-electron chi connectivity index (χ2n) is 12.7. The zero-order valence-electron chi connectivity index (χ0n) is 26.7. The standard InChI is InChI=1S/C36H62N4/c1-33(2)19-13-11-15-25-37-35-21-29-39(30-22-35)27-17-9-7-5-6-8-10-18-28-40-31-23-36(24-32-40)38-26-16-12-14-20-34(3)4/h21-24,29-34H,5-20,25-28H2,1-4H3. The molecule has 0 aliphatic heterocycles. The largest absolute Gasteiger partial charge is 0.354 e. The maximum Gasteiger partial charge on any atom is 0.0603 e. The zero-order chi connectivity index (χ0) is 28.7. The van der Waals surface area contributed by atoms with Crippen molar-refractivity contribution in [3.05, 3.63) is 59.8 Å². The first-order valence-corrected chi connectivity index (χ1v) is 16.9. The van der Waals surface area contributed by atoms with Crippen molar-refractivity contribution >= 4 is 0 Å². The van der Waals surface area contributed by atoms with Crippen molar-refractivity contribution in [1.29, 1.82) is 0 Å². The van der Waals surface area contributed by atoms with Gasteiger partial charge < -0.3 is 9.13 Å². The molecule has 0 radical (unpaired) electrons. The van der Waals surface area contributed by atoms with Crippen LogP contribution in [-0.4, -0.2) is 22.2 Å². The first-order chi connectivity index (χ1) is 19.5. The Balaban J connectivity index is 1.43. The number of aryl methyl sites for hydroxylation is 2. The molecule has 2 rings (SSSR count). The SMILES string of the molecule is CC(C)CCCCCN=c1ccn(CCCCCCCCCCn2ccc(=NCCCCCC(C)C)cc2)cc1. The summed E-state index contributed by atoms with van der Waals surface area (Å²) < 4.78 is 4.63. The average molecular weight is 551 g/mol. The van der Waals surface area contributed by atoms with Crippen molar-refractivity contribution < 1.29 is 0 Å². The Labute approximate surface area is 247 Å². The molecule has 0 N–H and O–H groups in total. The predicted octanol–water partition coefficient (Wildman–Crippen LogP) is 9.34. The van der Waals surface area contributed by atoms with E-state index in [0.717, 1.165) is 48.7 Å². The van der Waals surface area contributed by atoms with Gasteiger partial charge in [-0.2, -0.15) is 0 Å². The number of hydrogen-bond donors (Lipinski definition) is 0. The minimum Gasteiger partial charge on any atom is -0.354 e. The third-order valence-corrected chi connectivity index (χ3v) is 7.80. The molecule has 226 valence electrons. The van der Waals surface area contributed by atoms with Crippen LogP contribution < -0.4 is 10.7 Å². The molecule has 0 saturated heterocycles. The van der Waals surface area contributed by atoms with Gasteiger partial charge in [0.1, 0.15) is 0 Å². The van der Waals surface area contributed by atoms with Crippen molar-refractivity contribution in [2.75, 3.05) is 13.1 Å². The normalized spacial score (nSPS) is 11.4. The molecule has 0 atom stereocenters. The van der Waals surface area contributed by atoms with Gasteiger partial charge in [0.25, 0.3) is 0 Å². The van der Waals surface area contributed by atoms with Gasteiger partial charge in [-0.05, 0) is 61.8 Å². The highest BCUT2D eigenvalue weighted by Gasteiger charge is 1.97. The summed E-state index contributed by atoms with van der Waals surface area (Å²) in [5.74, 6) is 1.65. The van der Waals surface area contributed by atoms with E-state index in [0.29, 0.717) is 0 Å². The number of hydrogen-bond acceptors (Lipinski definition) is 2. The van der Waals surface area contributed by atoms with E-state index < -0.39 is 0 Å². The molecule has 2 aromatic heterocycles. The molecule has 0 saturated carbocycles. The Bertz CT molecular complexity index is 876. The molecular weight excluding hydrogens is 488 g/mol. The Morgan fingerprint density at radius 2 is 0.775 bits per heavy atom. The summed E-state index contributed by atoms with van der Waals surface area (Å²) >= 11 is 0. The van der Waals surface area contributed by atoms with Crippen LogP contribution in [0, 0.1) is 11.8 Å². The third kappa shape index (κ3) is 18.3. The molecular formula is C36H62N4. The monoisotopic (exact) mass is 550 g/mol. The minimum atomic E-state index is 0.825. The van der Waals surface area contributed by atoms with Gasteiger partial charge in [0.05, 0.1) is 10.7 Å². The molecule has 2 heterocycles. The van der Waals surface area contributed by atoms with Crippen LogP contribution in [0.2, 0.25) is 0 Å². The Morgan fingerprint density at radius 1 is 0.450 bits per heavy atom. The molecule has 0 bridgehead atoms. The van der Waals surface area contributed by atoms with E-state index in [2.05, 4.69) is 85.9 Å². The fraction of sp³-hybridized carbons (Fsp3) is 0.722. The Hall–Kier alpha value is -2.10. The van der Waals surface area contributed by atoms with Crippen LogP contribution in [-0.2, 0) is 13.1 Å². The topological polar surface area (TPSA) is 34.6 Å². The lowest BCUT2D eigenvalue weighted by atomic mass is 10.1. The van der Waals surface area contributed by atoms with Crippen molar-refractivity contribution in [3.8, 4) is 0 Å². The van der Waals surface area contributed by atoms with Gasteiger partial charge in [0.15, 0.2) is 0 Å². The second kappa shape index (κ2) is 22.6. The minimum absolute atomic E-state index is 0.825. The van der Waals surface area contributed by atoms with Gasteiger partial charge in [-0.1, -0.05) is 105 Å². The van der Waals surface area contributed by atoms with E-state index in [1.165, 1.54) is 103 Å². The lowest BCUT2D eigenvalue weighted by molar-refractivity contribution is 0.524. The van der Waals surface area contributed by atoms with Gasteiger partial charge in [-0.15, -0.1) is 0 Å². The smallest absolute Gasteiger partial charge is 0.0603 e. The summed E-state index contributed by atoms with van der Waals surface area (Å²) in [6.45, 7) is 13.4. The number of rotatable bonds is 23. The van der Waals surface area contributed by atoms with Crippen LogP contribution in [0.5, 0.6) is 0 Å². The maximum absolute atomic E-state index is 4.74. The number of nitrogens with zero attached hydrogens (tertiary/aromatic N) is 4. The van der Waals surface area contributed by atoms with E-state index in [-0.39, 0.29) is 0 Å². The van der Waals surface area contributed by atoms with E-state index >= 15 is 0 Å². The van der Waals surface area contributed by atoms with Gasteiger partial charge in [0, 0.05) is 51.0 Å². The summed E-state index contributed by atoms with van der Waals surface area (Å²) in [7, 11) is 0. The van der Waals surface area contributed by atoms with Gasteiger partial charge in [0.2, 0.25) is 0 Å². The van der Waals surface area contributed by atoms with E-state index in [9.17, 15) is 0 Å².